The molecular formula is C14H20N2O2S. The first kappa shape index (κ1) is 14.3. The number of carbonyl (C=O) groups excluding carboxylic acids is 1. The van der Waals surface area contributed by atoms with Crippen molar-refractivity contribution in [3.8, 4) is 0 Å². The smallest absolute Gasteiger partial charge is 0.339 e. The van der Waals surface area contributed by atoms with Crippen LogP contribution in [0.3, 0.4) is 0 Å². The van der Waals surface area contributed by atoms with E-state index < -0.39 is 0 Å². The van der Waals surface area contributed by atoms with Crippen molar-refractivity contribution in [3.63, 3.8) is 0 Å². The Hall–Kier alpha value is -1.07. The molecule has 2 heterocycles. The molecule has 0 radical (unpaired) electrons. The van der Waals surface area contributed by atoms with Crippen LogP contribution in [-0.2, 0) is 11.3 Å². The first-order valence-corrected chi connectivity index (χ1v) is 7.65. The second-order valence-electron chi connectivity index (χ2n) is 4.67. The molecule has 1 fully saturated rings. The lowest BCUT2D eigenvalue weighted by Crippen LogP contribution is -2.37. The molecule has 1 aliphatic rings. The molecule has 5 heteroatoms. The summed E-state index contributed by atoms with van der Waals surface area (Å²) < 4.78 is 4.66. The first-order chi connectivity index (χ1) is 9.22. The van der Waals surface area contributed by atoms with Crippen molar-refractivity contribution in [3.05, 3.63) is 29.6 Å². The SMILES string of the molecule is CCC1CN(Cc2ccc(C(=O)OC)cn2)CCS1. The predicted molar refractivity (Wildman–Crippen MR) is 77.4 cm³/mol. The summed E-state index contributed by atoms with van der Waals surface area (Å²) in [5.74, 6) is 0.859. The number of hydrogen-bond donors (Lipinski definition) is 0. The molecule has 1 atom stereocenters. The highest BCUT2D eigenvalue weighted by Gasteiger charge is 2.19. The Balaban J connectivity index is 1.94. The standard InChI is InChI=1S/C14H20N2O2S/c1-3-13-10-16(6-7-19-13)9-12-5-4-11(8-15-12)14(17)18-2/h4-5,8,13H,3,6-7,9-10H2,1-2H3. The summed E-state index contributed by atoms with van der Waals surface area (Å²) in [5, 5.41) is 0.739. The van der Waals surface area contributed by atoms with Gasteiger partial charge < -0.3 is 4.74 Å². The molecule has 19 heavy (non-hydrogen) atoms. The van der Waals surface area contributed by atoms with E-state index in [1.807, 2.05) is 6.07 Å². The molecule has 1 aromatic rings. The highest BCUT2D eigenvalue weighted by molar-refractivity contribution is 8.00. The first-order valence-electron chi connectivity index (χ1n) is 6.60. The van der Waals surface area contributed by atoms with Gasteiger partial charge >= 0.3 is 5.97 Å². The van der Waals surface area contributed by atoms with Gasteiger partial charge in [-0.1, -0.05) is 6.92 Å². The van der Waals surface area contributed by atoms with E-state index in [4.69, 9.17) is 0 Å². The van der Waals surface area contributed by atoms with Gasteiger partial charge in [-0.05, 0) is 18.6 Å². The van der Waals surface area contributed by atoms with E-state index in [0.29, 0.717) is 5.56 Å². The molecule has 0 aromatic carbocycles. The monoisotopic (exact) mass is 280 g/mol. The fourth-order valence-electron chi connectivity index (χ4n) is 2.16. The fraction of sp³-hybridized carbons (Fsp3) is 0.571. The topological polar surface area (TPSA) is 42.4 Å². The Kier molecular flexibility index (Phi) is 5.22. The van der Waals surface area contributed by atoms with Crippen LogP contribution in [-0.4, -0.2) is 47.1 Å². The van der Waals surface area contributed by atoms with Crippen LogP contribution in [0.1, 0.15) is 29.4 Å². The molecule has 1 saturated heterocycles. The van der Waals surface area contributed by atoms with Crippen molar-refractivity contribution in [2.45, 2.75) is 25.1 Å². The summed E-state index contributed by atoms with van der Waals surface area (Å²) in [6, 6.07) is 3.69. The Morgan fingerprint density at radius 2 is 2.42 bits per heavy atom. The molecule has 1 aliphatic heterocycles. The molecule has 104 valence electrons. The number of pyridine rings is 1. The second kappa shape index (κ2) is 6.91. The molecule has 4 nitrogen and oxygen atoms in total. The van der Waals surface area contributed by atoms with Crippen LogP contribution in [0, 0.1) is 0 Å². The Morgan fingerprint density at radius 1 is 1.58 bits per heavy atom. The summed E-state index contributed by atoms with van der Waals surface area (Å²) in [5.41, 5.74) is 1.52. The third kappa shape index (κ3) is 3.94. The number of ether oxygens (including phenoxy) is 1. The van der Waals surface area contributed by atoms with Crippen molar-refractivity contribution in [2.75, 3.05) is 26.0 Å². The second-order valence-corrected chi connectivity index (χ2v) is 6.07. The third-order valence-corrected chi connectivity index (χ3v) is 4.68. The fourth-order valence-corrected chi connectivity index (χ4v) is 3.41. The third-order valence-electron chi connectivity index (χ3n) is 3.31. The van der Waals surface area contributed by atoms with E-state index in [1.54, 1.807) is 12.3 Å². The number of hydrogen-bond acceptors (Lipinski definition) is 5. The number of esters is 1. The van der Waals surface area contributed by atoms with Gasteiger partial charge in [0.15, 0.2) is 0 Å². The summed E-state index contributed by atoms with van der Waals surface area (Å²) in [6.07, 6.45) is 2.81. The van der Waals surface area contributed by atoms with Gasteiger partial charge in [0.05, 0.1) is 18.4 Å². The predicted octanol–water partition coefficient (Wildman–Crippen LogP) is 2.20. The molecule has 0 saturated carbocycles. The molecule has 1 unspecified atom stereocenters. The average Bonchev–Trinajstić information content (AvgIpc) is 2.47. The number of nitrogens with zero attached hydrogens (tertiary/aromatic N) is 2. The molecule has 0 amide bonds. The Labute approximate surface area is 118 Å². The van der Waals surface area contributed by atoms with E-state index >= 15 is 0 Å². The number of aromatic nitrogens is 1. The van der Waals surface area contributed by atoms with Crippen LogP contribution in [0.25, 0.3) is 0 Å². The molecule has 0 N–H and O–H groups in total. The minimum Gasteiger partial charge on any atom is -0.465 e. The molecular weight excluding hydrogens is 260 g/mol. The van der Waals surface area contributed by atoms with E-state index in [0.717, 1.165) is 30.6 Å². The molecule has 0 aliphatic carbocycles. The lowest BCUT2D eigenvalue weighted by atomic mass is 10.2. The quantitative estimate of drug-likeness (QED) is 0.791. The van der Waals surface area contributed by atoms with Crippen molar-refractivity contribution in [2.24, 2.45) is 0 Å². The van der Waals surface area contributed by atoms with Gasteiger partial charge in [0.25, 0.3) is 0 Å². The van der Waals surface area contributed by atoms with Crippen molar-refractivity contribution in [1.82, 2.24) is 9.88 Å². The lowest BCUT2D eigenvalue weighted by molar-refractivity contribution is 0.0600. The Bertz CT molecular complexity index is 422. The summed E-state index contributed by atoms with van der Waals surface area (Å²) in [7, 11) is 1.38. The van der Waals surface area contributed by atoms with Gasteiger partial charge in [-0.2, -0.15) is 11.8 Å². The number of methoxy groups -OCH3 is 1. The van der Waals surface area contributed by atoms with Gasteiger partial charge in [-0.15, -0.1) is 0 Å². The van der Waals surface area contributed by atoms with Crippen molar-refractivity contribution >= 4 is 17.7 Å². The zero-order valence-electron chi connectivity index (χ0n) is 11.5. The maximum absolute atomic E-state index is 11.3. The molecule has 1 aromatic heterocycles. The van der Waals surface area contributed by atoms with Gasteiger partial charge in [0.1, 0.15) is 0 Å². The summed E-state index contributed by atoms with van der Waals surface area (Å²) >= 11 is 2.06. The maximum atomic E-state index is 11.3. The summed E-state index contributed by atoms with van der Waals surface area (Å²) in [4.78, 5) is 18.1. The van der Waals surface area contributed by atoms with Gasteiger partial charge in [-0.25, -0.2) is 4.79 Å². The van der Waals surface area contributed by atoms with Crippen molar-refractivity contribution < 1.29 is 9.53 Å². The molecule has 0 bridgehead atoms. The van der Waals surface area contributed by atoms with E-state index in [-0.39, 0.29) is 5.97 Å². The Morgan fingerprint density at radius 3 is 3.05 bits per heavy atom. The van der Waals surface area contributed by atoms with E-state index in [1.165, 1.54) is 19.3 Å². The van der Waals surface area contributed by atoms with Crippen LogP contribution in [0.15, 0.2) is 18.3 Å². The highest BCUT2D eigenvalue weighted by atomic mass is 32.2. The largest absolute Gasteiger partial charge is 0.465 e. The minimum atomic E-state index is -0.334. The minimum absolute atomic E-state index is 0.334. The zero-order chi connectivity index (χ0) is 13.7. The van der Waals surface area contributed by atoms with Crippen LogP contribution in [0.2, 0.25) is 0 Å². The van der Waals surface area contributed by atoms with Crippen molar-refractivity contribution in [1.29, 1.82) is 0 Å². The van der Waals surface area contributed by atoms with Crippen LogP contribution in [0.4, 0.5) is 0 Å². The molecule has 2 rings (SSSR count). The van der Waals surface area contributed by atoms with Crippen LogP contribution >= 0.6 is 11.8 Å². The maximum Gasteiger partial charge on any atom is 0.339 e. The number of carbonyl (C=O) groups is 1. The normalized spacial score (nSPS) is 20.2. The number of thioether (sulfide) groups is 1. The van der Waals surface area contributed by atoms with Crippen LogP contribution < -0.4 is 0 Å². The van der Waals surface area contributed by atoms with E-state index in [9.17, 15) is 4.79 Å². The lowest BCUT2D eigenvalue weighted by Gasteiger charge is -2.31. The number of rotatable bonds is 4. The van der Waals surface area contributed by atoms with E-state index in [2.05, 4.69) is 33.3 Å². The molecule has 0 spiro atoms. The summed E-state index contributed by atoms with van der Waals surface area (Å²) in [6.45, 7) is 5.34. The average molecular weight is 280 g/mol. The van der Waals surface area contributed by atoms with Gasteiger partial charge in [-0.3, -0.25) is 9.88 Å². The van der Waals surface area contributed by atoms with Gasteiger partial charge in [0, 0.05) is 36.8 Å². The highest BCUT2D eigenvalue weighted by Crippen LogP contribution is 2.22. The van der Waals surface area contributed by atoms with Crippen LogP contribution in [0.5, 0.6) is 0 Å². The van der Waals surface area contributed by atoms with Gasteiger partial charge in [0.2, 0.25) is 0 Å². The zero-order valence-corrected chi connectivity index (χ0v) is 12.3.